The highest BCUT2D eigenvalue weighted by Gasteiger charge is 2.19. The third-order valence-electron chi connectivity index (χ3n) is 3.76. The Hall–Kier alpha value is -0.300. The van der Waals surface area contributed by atoms with Gasteiger partial charge in [0.1, 0.15) is 6.16 Å². The Balaban J connectivity index is 2.25. The van der Waals surface area contributed by atoms with Gasteiger partial charge in [0.05, 0.1) is 0 Å². The predicted molar refractivity (Wildman–Crippen MR) is 102 cm³/mol. The van der Waals surface area contributed by atoms with Gasteiger partial charge in [-0.05, 0) is 60.6 Å². The second kappa shape index (κ2) is 9.25. The first-order valence-electron chi connectivity index (χ1n) is 7.23. The summed E-state index contributed by atoms with van der Waals surface area (Å²) < 4.78 is 10.9. The molecule has 2 aromatic carbocycles. The maximum atomic E-state index is 10.9. The van der Waals surface area contributed by atoms with Gasteiger partial charge in [0, 0.05) is 20.1 Å². The van der Waals surface area contributed by atoms with Crippen molar-refractivity contribution in [3.05, 3.63) is 67.6 Å². The predicted octanol–water partition coefficient (Wildman–Crippen LogP) is 7.12. The number of halogens is 4. The molecule has 6 heteroatoms. The highest BCUT2D eigenvalue weighted by molar-refractivity contribution is 7.23. The van der Waals surface area contributed by atoms with Gasteiger partial charge in [0.25, 0.3) is 0 Å². The van der Waals surface area contributed by atoms with Crippen LogP contribution in [-0.2, 0) is 17.4 Å². The summed E-state index contributed by atoms with van der Waals surface area (Å²) in [5.41, 5.74) is 1.83. The Kier molecular flexibility index (Phi) is 7.66. The molecule has 1 unspecified atom stereocenters. The van der Waals surface area contributed by atoms with E-state index in [1.807, 2.05) is 36.4 Å². The lowest BCUT2D eigenvalue weighted by Crippen LogP contribution is -2.11. The largest absolute Gasteiger partial charge is 0.324 e. The van der Waals surface area contributed by atoms with Gasteiger partial charge < -0.3 is 0 Å². The van der Waals surface area contributed by atoms with Gasteiger partial charge in [-0.1, -0.05) is 63.1 Å². The van der Waals surface area contributed by atoms with Crippen LogP contribution < -0.4 is 0 Å². The second-order valence-corrected chi connectivity index (χ2v) is 7.78. The minimum absolute atomic E-state index is 0.214. The monoisotopic (exact) mass is 407 g/mol. The molecule has 0 N–H and O–H groups in total. The highest BCUT2D eigenvalue weighted by atomic mass is 35.5. The standard InChI is InChI=1S/C17H15Cl4OP/c18-14-3-1-4-15(19)12(14)9-11(7-8-23-22)10-13-16(20)5-2-6-17(13)21/h1-6,11H,7-10H2/p+1. The van der Waals surface area contributed by atoms with Crippen LogP contribution in [0.1, 0.15) is 17.5 Å². The summed E-state index contributed by atoms with van der Waals surface area (Å²) >= 11 is 25.1. The van der Waals surface area contributed by atoms with Gasteiger partial charge in [0.15, 0.2) is 0 Å². The van der Waals surface area contributed by atoms with Crippen LogP contribution in [0.2, 0.25) is 20.1 Å². The van der Waals surface area contributed by atoms with Crippen molar-refractivity contribution in [1.29, 1.82) is 0 Å². The molecule has 1 nitrogen and oxygen atoms in total. The van der Waals surface area contributed by atoms with E-state index in [1.165, 1.54) is 0 Å². The van der Waals surface area contributed by atoms with Crippen molar-refractivity contribution < 1.29 is 4.57 Å². The van der Waals surface area contributed by atoms with Crippen LogP contribution in [0, 0.1) is 5.92 Å². The molecule has 2 rings (SSSR count). The van der Waals surface area contributed by atoms with Crippen LogP contribution in [0.3, 0.4) is 0 Å². The lowest BCUT2D eigenvalue weighted by atomic mass is 9.90. The number of benzene rings is 2. The van der Waals surface area contributed by atoms with Crippen LogP contribution >= 0.6 is 54.9 Å². The third-order valence-corrected chi connectivity index (χ3v) is 5.67. The molecule has 0 heterocycles. The first kappa shape index (κ1) is 19.0. The van der Waals surface area contributed by atoms with Crippen LogP contribution in [0.15, 0.2) is 36.4 Å². The van der Waals surface area contributed by atoms with E-state index in [-0.39, 0.29) is 14.4 Å². The van der Waals surface area contributed by atoms with E-state index < -0.39 is 0 Å². The van der Waals surface area contributed by atoms with Gasteiger partial charge in [-0.2, -0.15) is 0 Å². The molecule has 0 aliphatic carbocycles. The van der Waals surface area contributed by atoms with E-state index in [2.05, 4.69) is 0 Å². The van der Waals surface area contributed by atoms with Crippen molar-refractivity contribution in [2.75, 3.05) is 6.16 Å². The molecule has 0 aromatic heterocycles. The maximum Gasteiger partial charge on any atom is 0.324 e. The average Bonchev–Trinajstić information content (AvgIpc) is 2.51. The van der Waals surface area contributed by atoms with E-state index in [1.54, 1.807) is 0 Å². The molecule has 23 heavy (non-hydrogen) atoms. The smallest absolute Gasteiger partial charge is 0.0840 e. The Morgan fingerprint density at radius 3 is 1.52 bits per heavy atom. The van der Waals surface area contributed by atoms with Crippen molar-refractivity contribution in [2.24, 2.45) is 5.92 Å². The summed E-state index contributed by atoms with van der Waals surface area (Å²) in [5.74, 6) is 0.214. The fourth-order valence-corrected chi connectivity index (χ4v) is 4.20. The zero-order chi connectivity index (χ0) is 16.8. The Labute approximate surface area is 158 Å². The quantitative estimate of drug-likeness (QED) is 0.446. The molecule has 2 aromatic rings. The lowest BCUT2D eigenvalue weighted by molar-refractivity contribution is 0.503. The van der Waals surface area contributed by atoms with Crippen molar-refractivity contribution >= 4 is 54.9 Å². The molecule has 0 aliphatic rings. The number of hydrogen-bond donors (Lipinski definition) is 0. The SMILES string of the molecule is O=[PH+]CCC(Cc1c(Cl)cccc1Cl)Cc1c(Cl)cccc1Cl. The lowest BCUT2D eigenvalue weighted by Gasteiger charge is -2.18. The van der Waals surface area contributed by atoms with Crippen LogP contribution in [0.4, 0.5) is 0 Å². The van der Waals surface area contributed by atoms with Gasteiger partial charge in [-0.15, -0.1) is 0 Å². The molecule has 0 saturated heterocycles. The van der Waals surface area contributed by atoms with Gasteiger partial charge in [-0.3, -0.25) is 0 Å². The van der Waals surface area contributed by atoms with Crippen LogP contribution in [0.25, 0.3) is 0 Å². The fourth-order valence-electron chi connectivity index (χ4n) is 2.57. The molecule has 0 bridgehead atoms. The van der Waals surface area contributed by atoms with Crippen molar-refractivity contribution in [3.8, 4) is 0 Å². The summed E-state index contributed by atoms with van der Waals surface area (Å²) in [7, 11) is -0.321. The van der Waals surface area contributed by atoms with E-state index >= 15 is 0 Å². The van der Waals surface area contributed by atoms with Crippen molar-refractivity contribution in [2.45, 2.75) is 19.3 Å². The molecular formula is C17H16Cl4OP+. The van der Waals surface area contributed by atoms with E-state index in [4.69, 9.17) is 46.4 Å². The zero-order valence-corrected chi connectivity index (χ0v) is 16.3. The first-order valence-corrected chi connectivity index (χ1v) is 9.86. The molecule has 1 atom stereocenters. The van der Waals surface area contributed by atoms with Crippen molar-refractivity contribution in [1.82, 2.24) is 0 Å². The van der Waals surface area contributed by atoms with E-state index in [9.17, 15) is 4.57 Å². The Morgan fingerprint density at radius 1 is 0.783 bits per heavy atom. The fraction of sp³-hybridized carbons (Fsp3) is 0.294. The molecule has 122 valence electrons. The topological polar surface area (TPSA) is 17.1 Å². The Bertz CT molecular complexity index is 596. The normalized spacial score (nSPS) is 11.3. The molecule has 0 amide bonds. The van der Waals surface area contributed by atoms with Crippen molar-refractivity contribution in [3.63, 3.8) is 0 Å². The summed E-state index contributed by atoms with van der Waals surface area (Å²) in [6, 6.07) is 11.0. The summed E-state index contributed by atoms with van der Waals surface area (Å²) in [6.07, 6.45) is 2.83. The van der Waals surface area contributed by atoms with Crippen LogP contribution in [-0.4, -0.2) is 6.16 Å². The van der Waals surface area contributed by atoms with Gasteiger partial charge >= 0.3 is 8.46 Å². The summed E-state index contributed by atoms with van der Waals surface area (Å²) in [5, 5.41) is 2.60. The zero-order valence-electron chi connectivity index (χ0n) is 12.3. The van der Waals surface area contributed by atoms with Gasteiger partial charge in [0.2, 0.25) is 0 Å². The molecule has 0 aliphatic heterocycles. The highest BCUT2D eigenvalue weighted by Crippen LogP contribution is 2.33. The number of rotatable bonds is 7. The third kappa shape index (κ3) is 5.34. The minimum Gasteiger partial charge on any atom is -0.0840 e. The van der Waals surface area contributed by atoms with E-state index in [0.717, 1.165) is 17.5 Å². The maximum absolute atomic E-state index is 10.9. The minimum atomic E-state index is -0.321. The second-order valence-electron chi connectivity index (χ2n) is 5.36. The van der Waals surface area contributed by atoms with Crippen LogP contribution in [0.5, 0.6) is 0 Å². The Morgan fingerprint density at radius 2 is 1.17 bits per heavy atom. The van der Waals surface area contributed by atoms with E-state index in [0.29, 0.717) is 39.1 Å². The molecule has 0 fully saturated rings. The number of hydrogen-bond acceptors (Lipinski definition) is 1. The first-order chi connectivity index (χ1) is 11.0. The molecular weight excluding hydrogens is 393 g/mol. The summed E-state index contributed by atoms with van der Waals surface area (Å²) in [6.45, 7) is 0. The molecule has 0 radical (unpaired) electrons. The van der Waals surface area contributed by atoms with Gasteiger partial charge in [-0.25, -0.2) is 0 Å². The summed E-state index contributed by atoms with van der Waals surface area (Å²) in [4.78, 5) is 0. The molecule has 0 saturated carbocycles. The average molecular weight is 409 g/mol. The molecule has 0 spiro atoms.